The minimum atomic E-state index is -0.351. The van der Waals surface area contributed by atoms with Crippen molar-refractivity contribution in [1.29, 1.82) is 0 Å². The number of nitrogens with one attached hydrogen (secondary N) is 1. The van der Waals surface area contributed by atoms with Gasteiger partial charge in [-0.25, -0.2) is 4.79 Å². The van der Waals surface area contributed by atoms with Crippen molar-refractivity contribution in [3.63, 3.8) is 0 Å². The lowest BCUT2D eigenvalue weighted by Crippen LogP contribution is -2.17. The van der Waals surface area contributed by atoms with E-state index in [1.807, 2.05) is 0 Å². The lowest BCUT2D eigenvalue weighted by Gasteiger charge is -2.14. The van der Waals surface area contributed by atoms with Crippen LogP contribution in [-0.4, -0.2) is 22.3 Å². The number of H-pyrrole nitrogens is 1. The molecular formula is C11H17N3O2. The highest BCUT2D eigenvalue weighted by molar-refractivity contribution is 5.88. The largest absolute Gasteiger partial charge is 0.458 e. The van der Waals surface area contributed by atoms with Crippen LogP contribution in [0.4, 0.5) is 5.82 Å². The molecule has 1 fully saturated rings. The molecule has 0 atom stereocenters. The Morgan fingerprint density at radius 1 is 1.38 bits per heavy atom. The standard InChI is InChI=1S/C11H17N3O2/c12-10-7-9(13-14-10)11(15)16-8-5-3-1-2-4-6-8/h7-8H,1-6H2,(H3,12,13,14). The van der Waals surface area contributed by atoms with Crippen molar-refractivity contribution < 1.29 is 9.53 Å². The number of nitrogen functional groups attached to an aromatic ring is 1. The molecule has 3 N–H and O–H groups in total. The van der Waals surface area contributed by atoms with Gasteiger partial charge in [0.15, 0.2) is 0 Å². The van der Waals surface area contributed by atoms with Crippen LogP contribution in [0.1, 0.15) is 49.0 Å². The molecule has 2 rings (SSSR count). The summed E-state index contributed by atoms with van der Waals surface area (Å²) < 4.78 is 5.40. The Bertz CT molecular complexity index is 354. The third-order valence-corrected chi connectivity index (χ3v) is 2.89. The molecule has 1 aromatic rings. The molecular weight excluding hydrogens is 206 g/mol. The van der Waals surface area contributed by atoms with Gasteiger partial charge in [0.1, 0.15) is 17.6 Å². The number of esters is 1. The van der Waals surface area contributed by atoms with Crippen LogP contribution in [0.3, 0.4) is 0 Å². The van der Waals surface area contributed by atoms with Gasteiger partial charge >= 0.3 is 5.97 Å². The van der Waals surface area contributed by atoms with E-state index in [9.17, 15) is 4.79 Å². The number of aromatic nitrogens is 2. The van der Waals surface area contributed by atoms with Gasteiger partial charge in [0.25, 0.3) is 0 Å². The summed E-state index contributed by atoms with van der Waals surface area (Å²) in [5.74, 6) is -0.0380. The molecule has 1 aliphatic rings. The van der Waals surface area contributed by atoms with E-state index < -0.39 is 0 Å². The first-order chi connectivity index (χ1) is 7.75. The van der Waals surface area contributed by atoms with Crippen molar-refractivity contribution in [3.05, 3.63) is 11.8 Å². The summed E-state index contributed by atoms with van der Waals surface area (Å²) in [5, 5.41) is 6.26. The maximum atomic E-state index is 11.7. The van der Waals surface area contributed by atoms with Crippen LogP contribution >= 0.6 is 0 Å². The van der Waals surface area contributed by atoms with Crippen molar-refractivity contribution in [3.8, 4) is 0 Å². The van der Waals surface area contributed by atoms with Crippen molar-refractivity contribution in [2.24, 2.45) is 0 Å². The van der Waals surface area contributed by atoms with Gasteiger partial charge in [-0.2, -0.15) is 5.10 Å². The van der Waals surface area contributed by atoms with Gasteiger partial charge in [-0.3, -0.25) is 5.10 Å². The van der Waals surface area contributed by atoms with E-state index in [1.165, 1.54) is 18.9 Å². The number of rotatable bonds is 2. The fourth-order valence-electron chi connectivity index (χ4n) is 2.02. The Morgan fingerprint density at radius 2 is 2.06 bits per heavy atom. The van der Waals surface area contributed by atoms with Crippen LogP contribution < -0.4 is 5.73 Å². The van der Waals surface area contributed by atoms with Gasteiger partial charge in [0.2, 0.25) is 0 Å². The second kappa shape index (κ2) is 5.01. The highest BCUT2D eigenvalue weighted by atomic mass is 16.5. The van der Waals surface area contributed by atoms with Crippen molar-refractivity contribution in [2.45, 2.75) is 44.6 Å². The first-order valence-electron chi connectivity index (χ1n) is 5.77. The molecule has 1 aromatic heterocycles. The van der Waals surface area contributed by atoms with E-state index in [1.54, 1.807) is 0 Å². The monoisotopic (exact) mass is 223 g/mol. The Morgan fingerprint density at radius 3 is 2.62 bits per heavy atom. The number of aromatic amines is 1. The van der Waals surface area contributed by atoms with Gasteiger partial charge in [-0.1, -0.05) is 12.8 Å². The number of hydrogen-bond acceptors (Lipinski definition) is 4. The fourth-order valence-corrected chi connectivity index (χ4v) is 2.02. The summed E-state index contributed by atoms with van der Waals surface area (Å²) in [6, 6.07) is 1.50. The second-order valence-corrected chi connectivity index (χ2v) is 4.23. The van der Waals surface area contributed by atoms with E-state index >= 15 is 0 Å². The van der Waals surface area contributed by atoms with Crippen LogP contribution in [-0.2, 0) is 4.74 Å². The number of nitrogens with two attached hydrogens (primary N) is 1. The van der Waals surface area contributed by atoms with E-state index in [4.69, 9.17) is 10.5 Å². The molecule has 1 heterocycles. The zero-order valence-corrected chi connectivity index (χ0v) is 9.24. The average Bonchev–Trinajstić information content (AvgIpc) is 2.54. The molecule has 0 unspecified atom stereocenters. The maximum Gasteiger partial charge on any atom is 0.356 e. The molecule has 5 nitrogen and oxygen atoms in total. The van der Waals surface area contributed by atoms with Gasteiger partial charge in [-0.15, -0.1) is 0 Å². The molecule has 5 heteroatoms. The van der Waals surface area contributed by atoms with Crippen LogP contribution in [0.15, 0.2) is 6.07 Å². The molecule has 0 saturated heterocycles. The smallest absolute Gasteiger partial charge is 0.356 e. The fraction of sp³-hybridized carbons (Fsp3) is 0.636. The number of anilines is 1. The highest BCUT2D eigenvalue weighted by Crippen LogP contribution is 2.20. The second-order valence-electron chi connectivity index (χ2n) is 4.23. The lowest BCUT2D eigenvalue weighted by molar-refractivity contribution is 0.0260. The lowest BCUT2D eigenvalue weighted by atomic mass is 10.1. The zero-order chi connectivity index (χ0) is 11.4. The molecule has 0 aliphatic heterocycles. The Labute approximate surface area is 94.4 Å². The van der Waals surface area contributed by atoms with Crippen LogP contribution in [0.5, 0.6) is 0 Å². The quantitative estimate of drug-likeness (QED) is 0.592. The first kappa shape index (κ1) is 11.0. The Balaban J connectivity index is 1.90. The summed E-state index contributed by atoms with van der Waals surface area (Å²) in [7, 11) is 0. The number of hydrogen-bond donors (Lipinski definition) is 2. The molecule has 0 radical (unpaired) electrons. The number of carbonyl (C=O) groups is 1. The van der Waals surface area contributed by atoms with E-state index in [0.717, 1.165) is 25.7 Å². The van der Waals surface area contributed by atoms with E-state index in [0.29, 0.717) is 11.5 Å². The minimum absolute atomic E-state index is 0.0551. The Hall–Kier alpha value is -1.52. The normalized spacial score (nSPS) is 18.0. The predicted molar refractivity (Wildman–Crippen MR) is 59.9 cm³/mol. The first-order valence-corrected chi connectivity index (χ1v) is 5.77. The minimum Gasteiger partial charge on any atom is -0.458 e. The van der Waals surface area contributed by atoms with Crippen molar-refractivity contribution in [2.75, 3.05) is 5.73 Å². The molecule has 0 spiro atoms. The molecule has 1 aliphatic carbocycles. The summed E-state index contributed by atoms with van der Waals surface area (Å²) in [4.78, 5) is 11.7. The molecule has 0 aromatic carbocycles. The highest BCUT2D eigenvalue weighted by Gasteiger charge is 2.18. The van der Waals surface area contributed by atoms with Gasteiger partial charge in [-0.05, 0) is 25.7 Å². The molecule has 0 amide bonds. The van der Waals surface area contributed by atoms with E-state index in [-0.39, 0.29) is 12.1 Å². The molecule has 0 bridgehead atoms. The molecule has 88 valence electrons. The van der Waals surface area contributed by atoms with Gasteiger partial charge in [0, 0.05) is 6.07 Å². The average molecular weight is 223 g/mol. The third-order valence-electron chi connectivity index (χ3n) is 2.89. The summed E-state index contributed by atoms with van der Waals surface area (Å²) in [5.41, 5.74) is 5.76. The topological polar surface area (TPSA) is 81.0 Å². The number of carbonyl (C=O) groups excluding carboxylic acids is 1. The summed E-state index contributed by atoms with van der Waals surface area (Å²) in [6.45, 7) is 0. The molecule has 1 saturated carbocycles. The zero-order valence-electron chi connectivity index (χ0n) is 9.24. The van der Waals surface area contributed by atoms with Crippen LogP contribution in [0.2, 0.25) is 0 Å². The van der Waals surface area contributed by atoms with Gasteiger partial charge in [0.05, 0.1) is 0 Å². The van der Waals surface area contributed by atoms with Crippen molar-refractivity contribution in [1.82, 2.24) is 10.2 Å². The van der Waals surface area contributed by atoms with Gasteiger partial charge < -0.3 is 10.5 Å². The Kier molecular flexibility index (Phi) is 3.44. The number of ether oxygens (including phenoxy) is 1. The maximum absolute atomic E-state index is 11.7. The molecule has 16 heavy (non-hydrogen) atoms. The van der Waals surface area contributed by atoms with Crippen molar-refractivity contribution >= 4 is 11.8 Å². The number of nitrogens with zero attached hydrogens (tertiary/aromatic N) is 1. The predicted octanol–water partition coefficient (Wildman–Crippen LogP) is 1.87. The van der Waals surface area contributed by atoms with E-state index in [2.05, 4.69) is 10.2 Å². The van der Waals surface area contributed by atoms with Crippen LogP contribution in [0, 0.1) is 0 Å². The third kappa shape index (κ3) is 2.74. The SMILES string of the molecule is Nc1cc(C(=O)OC2CCCCCC2)[nH]n1. The summed E-state index contributed by atoms with van der Waals surface area (Å²) >= 11 is 0. The summed E-state index contributed by atoms with van der Waals surface area (Å²) in [6.07, 6.45) is 6.76. The van der Waals surface area contributed by atoms with Crippen LogP contribution in [0.25, 0.3) is 0 Å².